The van der Waals surface area contributed by atoms with Crippen LogP contribution in [-0.2, 0) is 0 Å². The Morgan fingerprint density at radius 1 is 1.05 bits per heavy atom. The summed E-state index contributed by atoms with van der Waals surface area (Å²) < 4.78 is 9.18. The van der Waals surface area contributed by atoms with Gasteiger partial charge in [0.1, 0.15) is 11.0 Å². The molecule has 3 aromatic rings. The van der Waals surface area contributed by atoms with Crippen molar-refractivity contribution in [3.05, 3.63) is 53.2 Å². The van der Waals surface area contributed by atoms with Gasteiger partial charge in [-0.25, -0.2) is 0 Å². The van der Waals surface area contributed by atoms with Crippen LogP contribution in [0.4, 0.5) is 11.4 Å². The number of hydrogen-bond acceptors (Lipinski definition) is 5. The summed E-state index contributed by atoms with van der Waals surface area (Å²) in [7, 11) is 3.93. The lowest BCUT2D eigenvalue weighted by Crippen LogP contribution is -2.08. The van der Waals surface area contributed by atoms with Gasteiger partial charge in [-0.3, -0.25) is 0 Å². The van der Waals surface area contributed by atoms with E-state index in [0.717, 1.165) is 27.0 Å². The summed E-state index contributed by atoms with van der Waals surface area (Å²) in [6.45, 7) is 0. The van der Waals surface area contributed by atoms with E-state index in [4.69, 9.17) is 0 Å². The molecule has 106 valence electrons. The number of anilines is 1. The van der Waals surface area contributed by atoms with Crippen molar-refractivity contribution in [2.45, 2.75) is 0 Å². The summed E-state index contributed by atoms with van der Waals surface area (Å²) in [5.41, 5.74) is 4.12. The first kappa shape index (κ1) is 13.5. The molecule has 0 saturated carbocycles. The molecule has 5 nitrogen and oxygen atoms in total. The minimum absolute atomic E-state index is 0.595. The van der Waals surface area contributed by atoms with Crippen molar-refractivity contribution in [2.24, 2.45) is 0 Å². The Labute approximate surface area is 126 Å². The van der Waals surface area contributed by atoms with Crippen LogP contribution in [0.1, 0.15) is 5.56 Å². The number of fused-ring (bicyclic) bond motifs is 1. The molecule has 6 heteroatoms. The molecule has 3 rings (SSSR count). The lowest BCUT2D eigenvalue weighted by molar-refractivity contribution is -0.354. The Hall–Kier alpha value is -2.47. The number of benzene rings is 2. The third kappa shape index (κ3) is 2.85. The van der Waals surface area contributed by atoms with Crippen molar-refractivity contribution >= 4 is 40.4 Å². The molecule has 0 spiro atoms. The van der Waals surface area contributed by atoms with E-state index in [1.807, 2.05) is 61.5 Å². The van der Waals surface area contributed by atoms with Gasteiger partial charge < -0.3 is 10.1 Å². The number of nitrogens with zero attached hydrogens (tertiary/aromatic N) is 4. The fourth-order valence-electron chi connectivity index (χ4n) is 1.99. The zero-order valence-corrected chi connectivity index (χ0v) is 12.5. The molecule has 0 radical (unpaired) electrons. The van der Waals surface area contributed by atoms with Gasteiger partial charge in [0.25, 0.3) is 0 Å². The zero-order chi connectivity index (χ0) is 14.8. The van der Waals surface area contributed by atoms with E-state index in [-0.39, 0.29) is 0 Å². The van der Waals surface area contributed by atoms with Gasteiger partial charge in [-0.1, -0.05) is 0 Å². The third-order valence-corrected chi connectivity index (χ3v) is 3.72. The Morgan fingerprint density at radius 2 is 1.76 bits per heavy atom. The zero-order valence-electron chi connectivity index (χ0n) is 11.7. The fraction of sp³-hybridized carbons (Fsp3) is 0.133. The number of aromatic nitrogens is 2. The van der Waals surface area contributed by atoms with Crippen molar-refractivity contribution < 1.29 is 4.74 Å². The van der Waals surface area contributed by atoms with Gasteiger partial charge in [-0.05, 0) is 30.3 Å². The van der Waals surface area contributed by atoms with Crippen molar-refractivity contribution in [1.82, 2.24) is 8.75 Å². The molecule has 0 atom stereocenters. The second-order valence-electron chi connectivity index (χ2n) is 4.88. The summed E-state index contributed by atoms with van der Waals surface area (Å²) in [5, 5.41) is 12.2. The molecule has 0 aliphatic rings. The highest BCUT2D eigenvalue weighted by molar-refractivity contribution is 7.00. The molecule has 21 heavy (non-hydrogen) atoms. The lowest BCUT2D eigenvalue weighted by atomic mass is 10.2. The summed E-state index contributed by atoms with van der Waals surface area (Å²) in [5.74, 6) is 0. The van der Waals surface area contributed by atoms with E-state index in [9.17, 15) is 5.21 Å². The molecule has 0 bridgehead atoms. The quantitative estimate of drug-likeness (QED) is 0.323. The van der Waals surface area contributed by atoms with Crippen LogP contribution in [0, 0.1) is 5.21 Å². The summed E-state index contributed by atoms with van der Waals surface area (Å²) in [4.78, 5) is 1.99. The number of rotatable bonds is 3. The summed E-state index contributed by atoms with van der Waals surface area (Å²) in [6.07, 6.45) is 1.55. The normalized spacial score (nSPS) is 11.8. The van der Waals surface area contributed by atoms with Crippen LogP contribution in [0.25, 0.3) is 11.0 Å². The molecular formula is C15H14N4OS. The molecule has 2 aromatic carbocycles. The van der Waals surface area contributed by atoms with E-state index in [2.05, 4.69) is 8.75 Å². The van der Waals surface area contributed by atoms with Crippen LogP contribution < -0.4 is 4.90 Å². The monoisotopic (exact) mass is 298 g/mol. The molecule has 0 aliphatic heterocycles. The average Bonchev–Trinajstić information content (AvgIpc) is 2.95. The van der Waals surface area contributed by atoms with Gasteiger partial charge in [0.05, 0.1) is 11.7 Å². The Balaban J connectivity index is 1.90. The van der Waals surface area contributed by atoms with Gasteiger partial charge in [0.2, 0.25) is 5.69 Å². The van der Waals surface area contributed by atoms with E-state index in [0.29, 0.717) is 5.69 Å². The summed E-state index contributed by atoms with van der Waals surface area (Å²) in [6, 6.07) is 13.0. The van der Waals surface area contributed by atoms with Gasteiger partial charge in [0.15, 0.2) is 6.21 Å². The highest BCUT2D eigenvalue weighted by atomic mass is 32.1. The predicted octanol–water partition coefficient (Wildman–Crippen LogP) is 3.02. The Kier molecular flexibility index (Phi) is 3.53. The molecule has 1 heterocycles. The average molecular weight is 298 g/mol. The van der Waals surface area contributed by atoms with Crippen LogP contribution in [0.3, 0.4) is 0 Å². The van der Waals surface area contributed by atoms with Crippen molar-refractivity contribution in [1.29, 1.82) is 0 Å². The highest BCUT2D eigenvalue weighted by Gasteiger charge is 2.05. The van der Waals surface area contributed by atoms with E-state index in [1.54, 1.807) is 6.21 Å². The molecule has 0 N–H and O–H groups in total. The number of hydrogen-bond donors (Lipinski definition) is 0. The second kappa shape index (κ2) is 5.49. The van der Waals surface area contributed by atoms with Crippen molar-refractivity contribution in [3.8, 4) is 0 Å². The van der Waals surface area contributed by atoms with Gasteiger partial charge in [0, 0.05) is 37.5 Å². The maximum absolute atomic E-state index is 12.2. The minimum Gasteiger partial charge on any atom is -0.618 e. The van der Waals surface area contributed by atoms with E-state index in [1.165, 1.54) is 11.7 Å². The fourth-order valence-corrected chi connectivity index (χ4v) is 2.50. The molecule has 1 aromatic heterocycles. The highest BCUT2D eigenvalue weighted by Crippen LogP contribution is 2.18. The maximum atomic E-state index is 12.2. The molecule has 0 fully saturated rings. The van der Waals surface area contributed by atoms with Crippen LogP contribution in [0.2, 0.25) is 0 Å². The van der Waals surface area contributed by atoms with Crippen LogP contribution in [-0.4, -0.2) is 33.8 Å². The maximum Gasteiger partial charge on any atom is 0.216 e. The van der Waals surface area contributed by atoms with Crippen molar-refractivity contribution in [2.75, 3.05) is 19.0 Å². The first-order valence-electron chi connectivity index (χ1n) is 6.44. The molecule has 0 unspecified atom stereocenters. The second-order valence-corrected chi connectivity index (χ2v) is 5.41. The van der Waals surface area contributed by atoms with Crippen LogP contribution in [0.5, 0.6) is 0 Å². The topological polar surface area (TPSA) is 55.1 Å². The van der Waals surface area contributed by atoms with Crippen LogP contribution in [0.15, 0.2) is 42.5 Å². The molecular weight excluding hydrogens is 284 g/mol. The molecule has 0 saturated heterocycles. The van der Waals surface area contributed by atoms with E-state index < -0.39 is 0 Å². The smallest absolute Gasteiger partial charge is 0.216 e. The lowest BCUT2D eigenvalue weighted by Gasteiger charge is -2.12. The first-order chi connectivity index (χ1) is 10.1. The van der Waals surface area contributed by atoms with Gasteiger partial charge >= 0.3 is 0 Å². The third-order valence-electron chi connectivity index (χ3n) is 3.16. The predicted molar refractivity (Wildman–Crippen MR) is 86.6 cm³/mol. The largest absolute Gasteiger partial charge is 0.618 e. The Morgan fingerprint density at radius 3 is 2.48 bits per heavy atom. The molecule has 0 amide bonds. The standard InChI is InChI=1S/C15H14N4OS/c1-18(2)12-4-6-13(7-5-12)19(20)10-11-3-8-14-15(9-11)17-21-16-14/h3-10H,1-2H3. The SMILES string of the molecule is CN(C)c1ccc([N+]([O-])=Cc2ccc3nsnc3c2)cc1. The minimum atomic E-state index is 0.595. The first-order valence-corrected chi connectivity index (χ1v) is 7.17. The van der Waals surface area contributed by atoms with E-state index >= 15 is 0 Å². The van der Waals surface area contributed by atoms with Gasteiger partial charge in [-0.15, -0.1) is 0 Å². The molecule has 0 aliphatic carbocycles. The summed E-state index contributed by atoms with van der Waals surface area (Å²) >= 11 is 1.17. The van der Waals surface area contributed by atoms with Crippen LogP contribution >= 0.6 is 11.7 Å². The van der Waals surface area contributed by atoms with Crippen molar-refractivity contribution in [3.63, 3.8) is 0 Å². The Bertz CT molecular complexity index is 793. The van der Waals surface area contributed by atoms with Gasteiger partial charge in [-0.2, -0.15) is 13.5 Å².